The third-order valence-corrected chi connectivity index (χ3v) is 3.90. The summed E-state index contributed by atoms with van der Waals surface area (Å²) in [5.74, 6) is -0.436. The van der Waals surface area contributed by atoms with E-state index in [-0.39, 0.29) is 17.2 Å². The fraction of sp³-hybridized carbons (Fsp3) is 0.312. The molecule has 3 rings (SSSR count). The smallest absolute Gasteiger partial charge is 0.255 e. The van der Waals surface area contributed by atoms with Gasteiger partial charge in [0.15, 0.2) is 0 Å². The molecule has 3 N–H and O–H groups in total. The van der Waals surface area contributed by atoms with Crippen LogP contribution in [-0.4, -0.2) is 29.0 Å². The van der Waals surface area contributed by atoms with Gasteiger partial charge in [0.25, 0.3) is 5.56 Å². The van der Waals surface area contributed by atoms with E-state index in [1.54, 1.807) is 24.4 Å². The third kappa shape index (κ3) is 3.03. The van der Waals surface area contributed by atoms with Gasteiger partial charge in [-0.15, -0.1) is 0 Å². The van der Waals surface area contributed by atoms with Crippen molar-refractivity contribution in [2.75, 3.05) is 18.4 Å². The van der Waals surface area contributed by atoms with Crippen molar-refractivity contribution >= 4 is 5.69 Å². The first-order valence-electron chi connectivity index (χ1n) is 7.28. The van der Waals surface area contributed by atoms with E-state index >= 15 is 0 Å². The molecular weight excluding hydrogens is 285 g/mol. The van der Waals surface area contributed by atoms with Crippen molar-refractivity contribution in [2.24, 2.45) is 5.92 Å². The Labute approximate surface area is 127 Å². The molecule has 0 radical (unpaired) electrons. The highest BCUT2D eigenvalue weighted by molar-refractivity contribution is 5.50. The molecule has 1 aliphatic heterocycles. The first kappa shape index (κ1) is 14.7. The maximum absolute atomic E-state index is 14.2. The van der Waals surface area contributed by atoms with E-state index in [0.29, 0.717) is 12.2 Å². The highest BCUT2D eigenvalue weighted by Crippen LogP contribution is 2.21. The lowest BCUT2D eigenvalue weighted by Gasteiger charge is -2.20. The van der Waals surface area contributed by atoms with Crippen molar-refractivity contribution in [3.05, 3.63) is 58.8 Å². The van der Waals surface area contributed by atoms with Crippen molar-refractivity contribution in [1.29, 1.82) is 0 Å². The van der Waals surface area contributed by atoms with Gasteiger partial charge in [-0.3, -0.25) is 9.36 Å². The summed E-state index contributed by atoms with van der Waals surface area (Å²) in [6.45, 7) is 1.58. The highest BCUT2D eigenvalue weighted by Gasteiger charge is 2.23. The van der Waals surface area contributed by atoms with Crippen LogP contribution in [0.3, 0.4) is 0 Å². The largest absolute Gasteiger partial charge is 0.373 e. The number of aliphatic hydroxyl groups excluding tert-OH is 1. The number of benzene rings is 1. The van der Waals surface area contributed by atoms with Crippen LogP contribution in [0, 0.1) is 11.7 Å². The van der Waals surface area contributed by atoms with Crippen LogP contribution in [0.25, 0.3) is 5.69 Å². The highest BCUT2D eigenvalue weighted by atomic mass is 19.1. The molecule has 6 heteroatoms. The number of halogens is 1. The fourth-order valence-electron chi connectivity index (χ4n) is 2.64. The van der Waals surface area contributed by atoms with Gasteiger partial charge in [-0.2, -0.15) is 0 Å². The Bertz CT molecular complexity index is 711. The molecule has 1 unspecified atom stereocenters. The van der Waals surface area contributed by atoms with Gasteiger partial charge in [-0.25, -0.2) is 4.39 Å². The summed E-state index contributed by atoms with van der Waals surface area (Å²) in [6, 6.07) is 9.23. The average molecular weight is 303 g/mol. The number of hydrogen-bond acceptors (Lipinski definition) is 4. The molecule has 0 bridgehead atoms. The van der Waals surface area contributed by atoms with E-state index in [9.17, 15) is 14.3 Å². The van der Waals surface area contributed by atoms with Crippen molar-refractivity contribution in [3.8, 4) is 5.69 Å². The molecule has 2 atom stereocenters. The quantitative estimate of drug-likeness (QED) is 0.745. The molecule has 5 nitrogen and oxygen atoms in total. The molecule has 0 spiro atoms. The standard InChI is InChI=1S/C16H18FN3O2/c17-13-9-12(20-8-2-1-3-15(20)21)4-5-14(13)19-16(22)11-6-7-18-10-11/h1-5,8-9,11,16,18-19,22H,6-7,10H2/t11-,16?/m1/s1. The molecular formula is C16H18FN3O2. The zero-order valence-electron chi connectivity index (χ0n) is 12.0. The average Bonchev–Trinajstić information content (AvgIpc) is 3.04. The van der Waals surface area contributed by atoms with Crippen LogP contribution in [0.15, 0.2) is 47.4 Å². The van der Waals surface area contributed by atoms with Gasteiger partial charge in [0, 0.05) is 30.8 Å². The number of aliphatic hydroxyl groups is 1. The van der Waals surface area contributed by atoms with Gasteiger partial charge in [-0.05, 0) is 31.2 Å². The van der Waals surface area contributed by atoms with E-state index < -0.39 is 12.0 Å². The van der Waals surface area contributed by atoms with Crippen LogP contribution in [0.1, 0.15) is 6.42 Å². The van der Waals surface area contributed by atoms with Crippen LogP contribution in [0.5, 0.6) is 0 Å². The summed E-state index contributed by atoms with van der Waals surface area (Å²) in [6.07, 6.45) is 1.64. The van der Waals surface area contributed by atoms with Gasteiger partial charge in [0.1, 0.15) is 12.0 Å². The molecule has 1 aromatic carbocycles. The van der Waals surface area contributed by atoms with Crippen LogP contribution >= 0.6 is 0 Å². The Morgan fingerprint density at radius 3 is 2.91 bits per heavy atom. The SMILES string of the molecule is O=c1ccccn1-c1ccc(NC(O)[C@@H]2CCNC2)c(F)c1. The van der Waals surface area contributed by atoms with E-state index in [1.165, 1.54) is 22.8 Å². The lowest BCUT2D eigenvalue weighted by molar-refractivity contribution is 0.143. The molecule has 116 valence electrons. The Balaban J connectivity index is 1.80. The fourth-order valence-corrected chi connectivity index (χ4v) is 2.64. The maximum atomic E-state index is 14.2. The van der Waals surface area contributed by atoms with E-state index in [0.717, 1.165) is 13.0 Å². The third-order valence-electron chi connectivity index (χ3n) is 3.90. The lowest BCUT2D eigenvalue weighted by atomic mass is 10.1. The van der Waals surface area contributed by atoms with Crippen molar-refractivity contribution < 1.29 is 9.50 Å². The van der Waals surface area contributed by atoms with Gasteiger partial charge < -0.3 is 15.7 Å². The van der Waals surface area contributed by atoms with Crippen LogP contribution in [0.2, 0.25) is 0 Å². The first-order chi connectivity index (χ1) is 10.6. The Morgan fingerprint density at radius 2 is 2.23 bits per heavy atom. The van der Waals surface area contributed by atoms with Gasteiger partial charge in [0.05, 0.1) is 11.4 Å². The molecule has 1 aliphatic rings. The number of nitrogens with zero attached hydrogens (tertiary/aromatic N) is 1. The molecule has 2 heterocycles. The second kappa shape index (κ2) is 6.29. The van der Waals surface area contributed by atoms with Crippen LogP contribution in [-0.2, 0) is 0 Å². The van der Waals surface area contributed by atoms with Gasteiger partial charge in [0.2, 0.25) is 0 Å². The summed E-state index contributed by atoms with van der Waals surface area (Å²) >= 11 is 0. The molecule has 1 saturated heterocycles. The molecule has 0 saturated carbocycles. The second-order valence-electron chi connectivity index (χ2n) is 5.42. The Kier molecular flexibility index (Phi) is 4.22. The molecule has 22 heavy (non-hydrogen) atoms. The van der Waals surface area contributed by atoms with Crippen molar-refractivity contribution in [1.82, 2.24) is 9.88 Å². The molecule has 0 aliphatic carbocycles. The van der Waals surface area contributed by atoms with Crippen LogP contribution in [0.4, 0.5) is 10.1 Å². The molecule has 1 fully saturated rings. The zero-order chi connectivity index (χ0) is 15.5. The minimum absolute atomic E-state index is 0.0656. The summed E-state index contributed by atoms with van der Waals surface area (Å²) in [5.41, 5.74) is 0.456. The summed E-state index contributed by atoms with van der Waals surface area (Å²) in [4.78, 5) is 11.7. The minimum atomic E-state index is -0.796. The maximum Gasteiger partial charge on any atom is 0.255 e. The monoisotopic (exact) mass is 303 g/mol. The number of rotatable bonds is 4. The predicted octanol–water partition coefficient (Wildman–Crippen LogP) is 1.32. The normalized spacial score (nSPS) is 19.1. The number of aromatic nitrogens is 1. The van der Waals surface area contributed by atoms with Gasteiger partial charge in [-0.1, -0.05) is 6.07 Å². The summed E-state index contributed by atoms with van der Waals surface area (Å²) in [5, 5.41) is 16.0. The molecule has 1 aromatic heterocycles. The summed E-state index contributed by atoms with van der Waals surface area (Å²) < 4.78 is 15.6. The number of pyridine rings is 1. The second-order valence-corrected chi connectivity index (χ2v) is 5.42. The summed E-state index contributed by atoms with van der Waals surface area (Å²) in [7, 11) is 0. The van der Waals surface area contributed by atoms with Crippen LogP contribution < -0.4 is 16.2 Å². The van der Waals surface area contributed by atoms with Crippen molar-refractivity contribution in [3.63, 3.8) is 0 Å². The minimum Gasteiger partial charge on any atom is -0.373 e. The number of nitrogens with one attached hydrogen (secondary N) is 2. The van der Waals surface area contributed by atoms with E-state index in [4.69, 9.17) is 0 Å². The Morgan fingerprint density at radius 1 is 1.36 bits per heavy atom. The topological polar surface area (TPSA) is 66.3 Å². The zero-order valence-corrected chi connectivity index (χ0v) is 12.0. The molecule has 0 amide bonds. The van der Waals surface area contributed by atoms with E-state index in [2.05, 4.69) is 10.6 Å². The van der Waals surface area contributed by atoms with Gasteiger partial charge >= 0.3 is 0 Å². The number of anilines is 1. The first-order valence-corrected chi connectivity index (χ1v) is 7.28. The van der Waals surface area contributed by atoms with Crippen molar-refractivity contribution in [2.45, 2.75) is 12.6 Å². The van der Waals surface area contributed by atoms with E-state index in [1.807, 2.05) is 0 Å². The lowest BCUT2D eigenvalue weighted by Crippen LogP contribution is -2.30. The molecule has 2 aromatic rings. The predicted molar refractivity (Wildman–Crippen MR) is 82.6 cm³/mol. The number of hydrogen-bond donors (Lipinski definition) is 3. The Hall–Kier alpha value is -2.18.